The summed E-state index contributed by atoms with van der Waals surface area (Å²) in [6.07, 6.45) is 0. The van der Waals surface area contributed by atoms with Crippen molar-refractivity contribution in [1.29, 1.82) is 5.41 Å². The molecule has 1 heterocycles. The normalized spacial score (nSPS) is 14.5. The molecule has 3 N–H and O–H groups in total. The summed E-state index contributed by atoms with van der Waals surface area (Å²) in [6.45, 7) is 8.19. The van der Waals surface area contributed by atoms with Crippen LogP contribution >= 0.6 is 22.6 Å². The number of nitrogens with two attached hydrogens (primary N) is 1. The minimum Gasteiger partial charge on any atom is -0.459 e. The predicted octanol–water partition coefficient (Wildman–Crippen LogP) is 4.31. The highest BCUT2D eigenvalue weighted by molar-refractivity contribution is 14.1. The smallest absolute Gasteiger partial charge is 0.303 e. The van der Waals surface area contributed by atoms with Crippen LogP contribution in [0.5, 0.6) is 0 Å². The summed E-state index contributed by atoms with van der Waals surface area (Å²) in [7, 11) is 0. The Bertz CT molecular complexity index is 1100. The molecule has 0 spiro atoms. The van der Waals surface area contributed by atoms with Gasteiger partial charge in [0.1, 0.15) is 6.61 Å². The first-order valence-electron chi connectivity index (χ1n) is 10.4. The first kappa shape index (κ1) is 24.0. The maximum atomic E-state index is 13.2. The zero-order chi connectivity index (χ0) is 23.6. The molecule has 0 aliphatic carbocycles. The summed E-state index contributed by atoms with van der Waals surface area (Å²) in [6, 6.07) is 12.1. The number of amides is 1. The molecule has 0 unspecified atom stereocenters. The van der Waals surface area contributed by atoms with Crippen LogP contribution in [-0.4, -0.2) is 42.2 Å². The number of hydrogen-bond donors (Lipinski definition) is 2. The topological polar surface area (TPSA) is 96.5 Å². The molecule has 0 radical (unpaired) electrons. The van der Waals surface area contributed by atoms with Gasteiger partial charge in [-0.05, 0) is 83.8 Å². The molecule has 1 aliphatic heterocycles. The van der Waals surface area contributed by atoms with E-state index in [9.17, 15) is 9.59 Å². The number of esters is 1. The Hall–Kier alpha value is -2.68. The Morgan fingerprint density at radius 3 is 2.28 bits per heavy atom. The molecule has 0 atom stereocenters. The minimum absolute atomic E-state index is 0.0205. The van der Waals surface area contributed by atoms with Gasteiger partial charge in [0.05, 0.1) is 11.4 Å². The van der Waals surface area contributed by atoms with E-state index in [4.69, 9.17) is 15.9 Å². The number of hydrogen-bond acceptors (Lipinski definition) is 5. The van der Waals surface area contributed by atoms with Crippen molar-refractivity contribution in [3.05, 3.63) is 79.1 Å². The number of carbonyl (C=O) groups is 2. The highest BCUT2D eigenvalue weighted by Gasteiger charge is 2.33. The Kier molecular flexibility index (Phi) is 7.38. The summed E-state index contributed by atoms with van der Waals surface area (Å²) < 4.78 is 6.15. The molecule has 1 fully saturated rings. The van der Waals surface area contributed by atoms with Crippen molar-refractivity contribution < 1.29 is 14.3 Å². The minimum atomic E-state index is -0.426. The molecule has 6 nitrogen and oxygen atoms in total. The maximum Gasteiger partial charge on any atom is 0.303 e. The highest BCUT2D eigenvalue weighted by Crippen LogP contribution is 2.30. The third kappa shape index (κ3) is 5.20. The first-order chi connectivity index (χ1) is 15.1. The lowest BCUT2D eigenvalue weighted by Gasteiger charge is -2.40. The fraction of sp³-hybridized carbons (Fsp3) is 0.320. The van der Waals surface area contributed by atoms with Crippen molar-refractivity contribution in [3.63, 3.8) is 0 Å². The second-order valence-electron chi connectivity index (χ2n) is 8.25. The van der Waals surface area contributed by atoms with E-state index in [-0.39, 0.29) is 18.2 Å². The average molecular weight is 545 g/mol. The van der Waals surface area contributed by atoms with E-state index >= 15 is 0 Å². The van der Waals surface area contributed by atoms with E-state index in [0.717, 1.165) is 11.1 Å². The van der Waals surface area contributed by atoms with Crippen molar-refractivity contribution in [2.45, 2.75) is 33.6 Å². The molecule has 1 saturated heterocycles. The lowest BCUT2D eigenvalue weighted by molar-refractivity contribution is -0.140. The van der Waals surface area contributed by atoms with Gasteiger partial charge in [-0.15, -0.1) is 0 Å². The number of likely N-dealkylation sites (tertiary alicyclic amines) is 1. The van der Waals surface area contributed by atoms with Gasteiger partial charge in [0.2, 0.25) is 0 Å². The molecule has 1 amide bonds. The molecule has 0 saturated carbocycles. The van der Waals surface area contributed by atoms with Crippen molar-refractivity contribution in [1.82, 2.24) is 4.90 Å². The zero-order valence-electron chi connectivity index (χ0n) is 18.8. The average Bonchev–Trinajstić information content (AvgIpc) is 2.71. The number of nitrogens with one attached hydrogen (secondary N) is 1. The summed E-state index contributed by atoms with van der Waals surface area (Å²) in [5.74, 6) is -0.0941. The largest absolute Gasteiger partial charge is 0.459 e. The third-order valence-electron chi connectivity index (χ3n) is 5.87. The Labute approximate surface area is 202 Å². The van der Waals surface area contributed by atoms with Crippen LogP contribution < -0.4 is 5.73 Å². The molecule has 2 aromatic rings. The third-order valence-corrected chi connectivity index (χ3v) is 6.59. The van der Waals surface area contributed by atoms with Crippen LogP contribution in [-0.2, 0) is 9.53 Å². The second-order valence-corrected chi connectivity index (χ2v) is 9.49. The number of allylic oxidation sites excluding steroid dienone is 1. The van der Waals surface area contributed by atoms with Crippen LogP contribution in [0.2, 0.25) is 0 Å². The van der Waals surface area contributed by atoms with Gasteiger partial charge in [0, 0.05) is 40.6 Å². The highest BCUT2D eigenvalue weighted by atomic mass is 127. The van der Waals surface area contributed by atoms with Gasteiger partial charge in [-0.3, -0.25) is 15.0 Å². The van der Waals surface area contributed by atoms with Gasteiger partial charge < -0.3 is 15.4 Å². The quantitative estimate of drug-likeness (QED) is 0.321. The predicted molar refractivity (Wildman–Crippen MR) is 134 cm³/mol. The molecular formula is C25H28IN3O3. The summed E-state index contributed by atoms with van der Waals surface area (Å²) in [5, 5.41) is 8.62. The van der Waals surface area contributed by atoms with Crippen LogP contribution in [0.3, 0.4) is 0 Å². The fourth-order valence-corrected chi connectivity index (χ4v) is 4.12. The molecule has 2 aromatic carbocycles. The number of rotatable bonds is 6. The molecule has 0 aromatic heterocycles. The van der Waals surface area contributed by atoms with Crippen LogP contribution in [0.4, 0.5) is 0 Å². The van der Waals surface area contributed by atoms with Crippen LogP contribution in [0.15, 0.2) is 47.7 Å². The number of ether oxygens (including phenoxy) is 1. The van der Waals surface area contributed by atoms with Crippen molar-refractivity contribution >= 4 is 40.2 Å². The van der Waals surface area contributed by atoms with E-state index in [1.165, 1.54) is 16.1 Å². The molecular weight excluding hydrogens is 517 g/mol. The monoisotopic (exact) mass is 545 g/mol. The molecule has 7 heteroatoms. The van der Waals surface area contributed by atoms with E-state index in [2.05, 4.69) is 46.9 Å². The first-order valence-corrected chi connectivity index (χ1v) is 11.5. The zero-order valence-corrected chi connectivity index (χ0v) is 20.9. The lowest BCUT2D eigenvalue weighted by Crippen LogP contribution is -2.48. The number of benzene rings is 2. The van der Waals surface area contributed by atoms with E-state index in [1.807, 2.05) is 24.8 Å². The van der Waals surface area contributed by atoms with Crippen LogP contribution in [0.25, 0.3) is 0 Å². The summed E-state index contributed by atoms with van der Waals surface area (Å²) >= 11 is 2.29. The summed E-state index contributed by atoms with van der Waals surface area (Å²) in [5.41, 5.74) is 11.4. The molecule has 168 valence electrons. The van der Waals surface area contributed by atoms with Gasteiger partial charge in [-0.25, -0.2) is 0 Å². The Morgan fingerprint density at radius 2 is 1.69 bits per heavy atom. The van der Waals surface area contributed by atoms with Crippen LogP contribution in [0, 0.1) is 22.8 Å². The summed E-state index contributed by atoms with van der Waals surface area (Å²) in [4.78, 5) is 26.1. The maximum absolute atomic E-state index is 13.2. The number of halogens is 1. The molecule has 1 aliphatic rings. The molecule has 32 heavy (non-hydrogen) atoms. The standard InChI is InChI=1S/C25H28IN3O3/c1-14-9-15(2)22(10-21(14)24(28)16(3)23(27)13-32-17(4)30)25(31)29-11-19(12-29)18-5-7-20(26)8-6-18/h5-10,19,28H,11-13,27H2,1-4H3. The van der Waals surface area contributed by atoms with Crippen molar-refractivity contribution in [2.24, 2.45) is 5.73 Å². The Balaban J connectivity index is 1.78. The van der Waals surface area contributed by atoms with Gasteiger partial charge in [0.25, 0.3) is 5.91 Å². The molecule has 0 bridgehead atoms. The van der Waals surface area contributed by atoms with Gasteiger partial charge in [0.15, 0.2) is 0 Å². The molecule has 3 rings (SSSR count). The van der Waals surface area contributed by atoms with Gasteiger partial charge in [-0.2, -0.15) is 0 Å². The van der Waals surface area contributed by atoms with E-state index in [0.29, 0.717) is 41.4 Å². The lowest BCUT2D eigenvalue weighted by atomic mass is 9.89. The van der Waals surface area contributed by atoms with Crippen LogP contribution in [0.1, 0.15) is 52.4 Å². The van der Waals surface area contributed by atoms with E-state index < -0.39 is 5.97 Å². The number of nitrogens with zero attached hydrogens (tertiary/aromatic N) is 1. The van der Waals surface area contributed by atoms with E-state index in [1.54, 1.807) is 13.0 Å². The number of carbonyl (C=O) groups excluding carboxylic acids is 2. The SMILES string of the molecule is CC(=O)OCC(N)=C(C)C(=N)c1cc(C(=O)N2CC(c3ccc(I)cc3)C2)c(C)cc1C. The fourth-order valence-electron chi connectivity index (χ4n) is 3.76. The van der Waals surface area contributed by atoms with Gasteiger partial charge in [-0.1, -0.05) is 18.2 Å². The van der Waals surface area contributed by atoms with Crippen molar-refractivity contribution in [3.8, 4) is 0 Å². The second kappa shape index (κ2) is 9.85. The van der Waals surface area contributed by atoms with Crippen molar-refractivity contribution in [2.75, 3.05) is 19.7 Å². The van der Waals surface area contributed by atoms with Gasteiger partial charge >= 0.3 is 5.97 Å². The number of aryl methyl sites for hydroxylation is 2. The Morgan fingerprint density at radius 1 is 1.09 bits per heavy atom.